The molecule has 0 saturated carbocycles. The van der Waals surface area contributed by atoms with Crippen molar-refractivity contribution in [3.63, 3.8) is 0 Å². The first-order valence-electron chi connectivity index (χ1n) is 10.4. The molecule has 2 aromatic rings. The van der Waals surface area contributed by atoms with E-state index in [1.165, 1.54) is 18.0 Å². The van der Waals surface area contributed by atoms with Gasteiger partial charge in [-0.05, 0) is 43.3 Å². The smallest absolute Gasteiger partial charge is 0.340 e. The summed E-state index contributed by atoms with van der Waals surface area (Å²) in [5, 5.41) is 9.61. The number of rotatable bonds is 8. The number of esters is 1. The maximum atomic E-state index is 12.5. The van der Waals surface area contributed by atoms with Gasteiger partial charge in [-0.15, -0.1) is 11.6 Å². The van der Waals surface area contributed by atoms with Crippen LogP contribution in [0.25, 0.3) is 0 Å². The van der Waals surface area contributed by atoms with E-state index in [4.69, 9.17) is 16.3 Å². The molecule has 1 aliphatic rings. The van der Waals surface area contributed by atoms with E-state index in [9.17, 15) is 14.9 Å². The number of nitriles is 1. The second-order valence-corrected chi connectivity index (χ2v) is 8.37. The van der Waals surface area contributed by atoms with Crippen molar-refractivity contribution >= 4 is 41.2 Å². The second kappa shape index (κ2) is 11.7. The van der Waals surface area contributed by atoms with Crippen molar-refractivity contribution in [3.8, 4) is 6.07 Å². The number of nitrogens with one attached hydrogen (secondary N) is 1. The zero-order chi connectivity index (χ0) is 22.9. The summed E-state index contributed by atoms with van der Waals surface area (Å²) in [5.74, 6) is 0.638. The van der Waals surface area contributed by atoms with Crippen molar-refractivity contribution in [1.29, 1.82) is 5.26 Å². The van der Waals surface area contributed by atoms with Gasteiger partial charge in [-0.2, -0.15) is 5.26 Å². The Morgan fingerprint density at radius 1 is 1.31 bits per heavy atom. The lowest BCUT2D eigenvalue weighted by atomic mass is 9.96. The lowest BCUT2D eigenvalue weighted by molar-refractivity contribution is -0.123. The van der Waals surface area contributed by atoms with Gasteiger partial charge in [-0.3, -0.25) is 9.52 Å². The van der Waals surface area contributed by atoms with Gasteiger partial charge in [0.25, 0.3) is 0 Å². The fourth-order valence-corrected chi connectivity index (χ4v) is 4.50. The number of ether oxygens (including phenoxy) is 1. The standard InChI is InChI=1S/C23H25ClN4O3S/c1-2-31-23(30)19-12-18(14-25)21(26-20(19)13-24)28-10-8-17(9-11-28)22(29)27-32-15-16-6-4-3-5-7-16/h3-7,12,17H,2,8-11,13,15H2,1H3,(H,27,29). The van der Waals surface area contributed by atoms with E-state index in [1.807, 2.05) is 35.2 Å². The first-order valence-corrected chi connectivity index (χ1v) is 12.0. The van der Waals surface area contributed by atoms with Crippen molar-refractivity contribution in [2.24, 2.45) is 5.92 Å². The number of hydrogen-bond donors (Lipinski definition) is 1. The van der Waals surface area contributed by atoms with Crippen LogP contribution in [-0.2, 0) is 21.2 Å². The molecule has 1 amide bonds. The molecule has 1 aliphatic heterocycles. The number of nitrogens with zero attached hydrogens (tertiary/aromatic N) is 3. The molecule has 0 unspecified atom stereocenters. The van der Waals surface area contributed by atoms with Crippen LogP contribution in [0, 0.1) is 17.2 Å². The minimum atomic E-state index is -0.540. The van der Waals surface area contributed by atoms with Gasteiger partial charge in [0.15, 0.2) is 0 Å². The zero-order valence-corrected chi connectivity index (χ0v) is 19.4. The molecular weight excluding hydrogens is 448 g/mol. The summed E-state index contributed by atoms with van der Waals surface area (Å²) in [7, 11) is 0. The predicted molar refractivity (Wildman–Crippen MR) is 125 cm³/mol. The Labute approximate surface area is 197 Å². The van der Waals surface area contributed by atoms with Crippen LogP contribution in [0.2, 0.25) is 0 Å². The molecule has 32 heavy (non-hydrogen) atoms. The number of amides is 1. The third-order valence-corrected chi connectivity index (χ3v) is 6.32. The maximum absolute atomic E-state index is 12.5. The Morgan fingerprint density at radius 3 is 2.66 bits per heavy atom. The molecule has 0 atom stereocenters. The summed E-state index contributed by atoms with van der Waals surface area (Å²) in [4.78, 5) is 31.2. The molecule has 2 heterocycles. The van der Waals surface area contributed by atoms with Gasteiger partial charge in [-0.1, -0.05) is 30.3 Å². The number of piperidine rings is 1. The molecular formula is C23H25ClN4O3S. The third-order valence-electron chi connectivity index (χ3n) is 5.24. The number of anilines is 1. The number of pyridine rings is 1. The van der Waals surface area contributed by atoms with Gasteiger partial charge < -0.3 is 9.64 Å². The number of halogens is 1. The third kappa shape index (κ3) is 5.93. The molecule has 168 valence electrons. The number of alkyl halides is 1. The van der Waals surface area contributed by atoms with E-state index in [0.717, 1.165) is 11.3 Å². The molecule has 1 aromatic carbocycles. The molecule has 0 bridgehead atoms. The van der Waals surface area contributed by atoms with Crippen LogP contribution in [0.1, 0.15) is 46.9 Å². The molecule has 0 spiro atoms. The average molecular weight is 473 g/mol. The van der Waals surface area contributed by atoms with Gasteiger partial charge in [-0.25, -0.2) is 9.78 Å². The normalized spacial score (nSPS) is 14.0. The van der Waals surface area contributed by atoms with Crippen LogP contribution in [0.15, 0.2) is 36.4 Å². The van der Waals surface area contributed by atoms with Crippen LogP contribution in [0.5, 0.6) is 0 Å². The average Bonchev–Trinajstić information content (AvgIpc) is 2.84. The van der Waals surface area contributed by atoms with E-state index in [1.54, 1.807) is 6.92 Å². The molecule has 1 N–H and O–H groups in total. The van der Waals surface area contributed by atoms with E-state index < -0.39 is 5.97 Å². The summed E-state index contributed by atoms with van der Waals surface area (Å²) < 4.78 is 8.00. The van der Waals surface area contributed by atoms with Crippen molar-refractivity contribution in [3.05, 3.63) is 58.8 Å². The van der Waals surface area contributed by atoms with Crippen molar-refractivity contribution in [1.82, 2.24) is 9.71 Å². The number of carbonyl (C=O) groups is 2. The van der Waals surface area contributed by atoms with Crippen molar-refractivity contribution in [2.45, 2.75) is 31.4 Å². The second-order valence-electron chi connectivity index (χ2n) is 7.32. The fourth-order valence-electron chi connectivity index (χ4n) is 3.55. The molecule has 9 heteroatoms. The Hall–Kier alpha value is -2.76. The quantitative estimate of drug-likeness (QED) is 0.351. The van der Waals surface area contributed by atoms with Gasteiger partial charge >= 0.3 is 5.97 Å². The van der Waals surface area contributed by atoms with Crippen LogP contribution in [0.3, 0.4) is 0 Å². The maximum Gasteiger partial charge on any atom is 0.340 e. The Balaban J connectivity index is 1.61. The number of carbonyl (C=O) groups excluding carboxylic acids is 2. The first kappa shape index (κ1) is 23.9. The summed E-state index contributed by atoms with van der Waals surface area (Å²) in [6, 6.07) is 13.6. The molecule has 0 radical (unpaired) electrons. The van der Waals surface area contributed by atoms with Gasteiger partial charge in [0, 0.05) is 24.8 Å². The van der Waals surface area contributed by atoms with Crippen molar-refractivity contribution < 1.29 is 14.3 Å². The highest BCUT2D eigenvalue weighted by atomic mass is 35.5. The molecule has 3 rings (SSSR count). The van der Waals surface area contributed by atoms with E-state index in [0.29, 0.717) is 43.0 Å². The number of hydrogen-bond acceptors (Lipinski definition) is 7. The van der Waals surface area contributed by atoms with Crippen LogP contribution in [0.4, 0.5) is 5.82 Å². The highest BCUT2D eigenvalue weighted by Crippen LogP contribution is 2.28. The SMILES string of the molecule is CCOC(=O)c1cc(C#N)c(N2CCC(C(=O)NSCc3ccccc3)CC2)nc1CCl. The summed E-state index contributed by atoms with van der Waals surface area (Å²) >= 11 is 7.41. The van der Waals surface area contributed by atoms with Crippen LogP contribution in [-0.4, -0.2) is 36.6 Å². The summed E-state index contributed by atoms with van der Waals surface area (Å²) in [6.45, 7) is 3.11. The zero-order valence-electron chi connectivity index (χ0n) is 17.8. The minimum Gasteiger partial charge on any atom is -0.462 e. The fraction of sp³-hybridized carbons (Fsp3) is 0.391. The highest BCUT2D eigenvalue weighted by Gasteiger charge is 2.28. The molecule has 7 nitrogen and oxygen atoms in total. The Bertz CT molecular complexity index is 989. The minimum absolute atomic E-state index is 0.0261. The Kier molecular flexibility index (Phi) is 8.77. The summed E-state index contributed by atoms with van der Waals surface area (Å²) in [6.07, 6.45) is 1.31. The molecule has 1 aromatic heterocycles. The van der Waals surface area contributed by atoms with Crippen LogP contribution < -0.4 is 9.62 Å². The first-order chi connectivity index (χ1) is 15.6. The van der Waals surface area contributed by atoms with Gasteiger partial charge in [0.05, 0.1) is 29.3 Å². The largest absolute Gasteiger partial charge is 0.462 e. The molecule has 0 aliphatic carbocycles. The lowest BCUT2D eigenvalue weighted by Gasteiger charge is -2.32. The molecule has 1 saturated heterocycles. The molecule has 1 fully saturated rings. The van der Waals surface area contributed by atoms with Crippen LogP contribution >= 0.6 is 23.5 Å². The highest BCUT2D eigenvalue weighted by molar-refractivity contribution is 7.97. The van der Waals surface area contributed by atoms with E-state index in [2.05, 4.69) is 15.8 Å². The number of aromatic nitrogens is 1. The van der Waals surface area contributed by atoms with E-state index in [-0.39, 0.29) is 29.9 Å². The lowest BCUT2D eigenvalue weighted by Crippen LogP contribution is -2.40. The predicted octanol–water partition coefficient (Wildman–Crippen LogP) is 4.05. The van der Waals surface area contributed by atoms with Gasteiger partial charge in [0.1, 0.15) is 11.9 Å². The Morgan fingerprint density at radius 2 is 2.03 bits per heavy atom. The van der Waals surface area contributed by atoms with Gasteiger partial charge in [0.2, 0.25) is 5.91 Å². The van der Waals surface area contributed by atoms with Crippen molar-refractivity contribution in [2.75, 3.05) is 24.6 Å². The topological polar surface area (TPSA) is 95.3 Å². The monoisotopic (exact) mass is 472 g/mol. The summed E-state index contributed by atoms with van der Waals surface area (Å²) in [5.41, 5.74) is 2.05. The number of benzene rings is 1. The van der Waals surface area contributed by atoms with E-state index >= 15 is 0 Å².